The smallest absolute Gasteiger partial charge is 0.223 e. The van der Waals surface area contributed by atoms with E-state index >= 15 is 0 Å². The number of likely N-dealkylation sites (tertiary alicyclic amines) is 1. The molecule has 24 heavy (non-hydrogen) atoms. The molecule has 2 aliphatic rings. The van der Waals surface area contributed by atoms with E-state index in [1.807, 2.05) is 6.92 Å². The molecule has 0 spiro atoms. The van der Waals surface area contributed by atoms with Crippen LogP contribution in [0.5, 0.6) is 0 Å². The van der Waals surface area contributed by atoms with Crippen molar-refractivity contribution in [2.24, 2.45) is 5.92 Å². The summed E-state index contributed by atoms with van der Waals surface area (Å²) in [5.74, 6) is 2.36. The van der Waals surface area contributed by atoms with Crippen molar-refractivity contribution >= 4 is 0 Å². The molecule has 0 saturated carbocycles. The Balaban J connectivity index is 1.50. The Morgan fingerprint density at radius 3 is 2.88 bits per heavy atom. The third kappa shape index (κ3) is 4.90. The largest absolute Gasteiger partial charge is 0.340 e. The van der Waals surface area contributed by atoms with Gasteiger partial charge in [0.25, 0.3) is 0 Å². The Kier molecular flexibility index (Phi) is 6.44. The molecule has 1 aromatic rings. The summed E-state index contributed by atoms with van der Waals surface area (Å²) in [6.45, 7) is 9.73. The second-order valence-electron chi connectivity index (χ2n) is 7.33. The van der Waals surface area contributed by atoms with Gasteiger partial charge in [-0.3, -0.25) is 4.90 Å². The van der Waals surface area contributed by atoms with Gasteiger partial charge in [0.05, 0.1) is 6.54 Å². The predicted octanol–water partition coefficient (Wildman–Crippen LogP) is 3.41. The lowest BCUT2D eigenvalue weighted by Crippen LogP contribution is -2.36. The summed E-state index contributed by atoms with van der Waals surface area (Å²) in [5, 5.41) is 4.07. The maximum Gasteiger partial charge on any atom is 0.223 e. The van der Waals surface area contributed by atoms with Gasteiger partial charge in [0.2, 0.25) is 5.89 Å². The first kappa shape index (κ1) is 17.6. The van der Waals surface area contributed by atoms with Crippen molar-refractivity contribution in [3.8, 4) is 0 Å². The number of aryl methyl sites for hydroxylation is 1. The molecule has 0 N–H and O–H groups in total. The van der Waals surface area contributed by atoms with Crippen LogP contribution in [-0.2, 0) is 6.54 Å². The monoisotopic (exact) mass is 332 g/mol. The topological polar surface area (TPSA) is 45.4 Å². The first-order valence-electron chi connectivity index (χ1n) is 9.65. The third-order valence-electron chi connectivity index (χ3n) is 5.52. The highest BCUT2D eigenvalue weighted by Crippen LogP contribution is 2.23. The maximum absolute atomic E-state index is 5.12. The molecule has 2 atom stereocenters. The fraction of sp³-hybridized carbons (Fsp3) is 0.789. The van der Waals surface area contributed by atoms with Crippen LogP contribution in [0, 0.1) is 12.8 Å². The first-order chi connectivity index (χ1) is 11.7. The highest BCUT2D eigenvalue weighted by Gasteiger charge is 2.24. The molecule has 1 aromatic heterocycles. The van der Waals surface area contributed by atoms with Crippen LogP contribution in [0.25, 0.3) is 0 Å². The number of rotatable bonds is 6. The van der Waals surface area contributed by atoms with Gasteiger partial charge < -0.3 is 9.42 Å². The summed E-state index contributed by atoms with van der Waals surface area (Å²) in [6, 6.07) is 0.644. The average molecular weight is 332 g/mol. The second-order valence-corrected chi connectivity index (χ2v) is 7.33. The molecule has 2 heterocycles. The zero-order valence-corrected chi connectivity index (χ0v) is 15.3. The van der Waals surface area contributed by atoms with Gasteiger partial charge in [-0.05, 0) is 64.1 Å². The summed E-state index contributed by atoms with van der Waals surface area (Å²) in [7, 11) is 0. The van der Waals surface area contributed by atoms with Gasteiger partial charge in [0.1, 0.15) is 0 Å². The Morgan fingerprint density at radius 1 is 1.25 bits per heavy atom. The van der Waals surface area contributed by atoms with Crippen LogP contribution in [0.15, 0.2) is 16.7 Å². The van der Waals surface area contributed by atoms with E-state index in [2.05, 4.69) is 39.0 Å². The van der Waals surface area contributed by atoms with Crippen LogP contribution in [0.3, 0.4) is 0 Å². The average Bonchev–Trinajstić information content (AvgIpc) is 2.87. The van der Waals surface area contributed by atoms with Crippen molar-refractivity contribution in [1.29, 1.82) is 0 Å². The van der Waals surface area contributed by atoms with Crippen LogP contribution < -0.4 is 0 Å². The fourth-order valence-electron chi connectivity index (χ4n) is 4.16. The summed E-state index contributed by atoms with van der Waals surface area (Å²) >= 11 is 0. The summed E-state index contributed by atoms with van der Waals surface area (Å²) in [6.07, 6.45) is 12.5. The van der Waals surface area contributed by atoms with E-state index in [9.17, 15) is 0 Å². The molecule has 1 fully saturated rings. The van der Waals surface area contributed by atoms with Crippen molar-refractivity contribution in [3.63, 3.8) is 0 Å². The van der Waals surface area contributed by atoms with Gasteiger partial charge in [-0.15, -0.1) is 0 Å². The molecule has 0 amide bonds. The zero-order chi connectivity index (χ0) is 16.8. The highest BCUT2D eigenvalue weighted by atomic mass is 16.5. The Labute approximate surface area is 146 Å². The number of aromatic nitrogens is 2. The first-order valence-corrected chi connectivity index (χ1v) is 9.65. The van der Waals surface area contributed by atoms with E-state index in [0.717, 1.165) is 24.8 Å². The molecule has 0 aromatic carbocycles. The minimum atomic E-state index is 0.644. The lowest BCUT2D eigenvalue weighted by molar-refractivity contribution is 0.168. The van der Waals surface area contributed by atoms with Crippen LogP contribution in [-0.4, -0.2) is 52.2 Å². The molecule has 0 bridgehead atoms. The number of hydrogen-bond acceptors (Lipinski definition) is 5. The van der Waals surface area contributed by atoms with Gasteiger partial charge in [0.15, 0.2) is 5.82 Å². The van der Waals surface area contributed by atoms with Gasteiger partial charge in [-0.25, -0.2) is 0 Å². The van der Waals surface area contributed by atoms with Gasteiger partial charge >= 0.3 is 0 Å². The summed E-state index contributed by atoms with van der Waals surface area (Å²) in [5.41, 5.74) is 0. The van der Waals surface area contributed by atoms with E-state index in [0.29, 0.717) is 11.9 Å². The van der Waals surface area contributed by atoms with E-state index < -0.39 is 0 Å². The van der Waals surface area contributed by atoms with Crippen LogP contribution >= 0.6 is 0 Å². The molecule has 134 valence electrons. The molecule has 3 rings (SSSR count). The molecule has 0 unspecified atom stereocenters. The predicted molar refractivity (Wildman–Crippen MR) is 95.7 cm³/mol. The molecule has 5 heteroatoms. The summed E-state index contributed by atoms with van der Waals surface area (Å²) < 4.78 is 5.12. The lowest BCUT2D eigenvalue weighted by atomic mass is 9.94. The normalized spacial score (nSPS) is 26.0. The Hall–Kier alpha value is -1.20. The van der Waals surface area contributed by atoms with Crippen LogP contribution in [0.4, 0.5) is 0 Å². The van der Waals surface area contributed by atoms with Crippen LogP contribution in [0.1, 0.15) is 57.2 Å². The van der Waals surface area contributed by atoms with E-state index in [-0.39, 0.29) is 0 Å². The highest BCUT2D eigenvalue weighted by molar-refractivity contribution is 4.91. The number of allylic oxidation sites excluding steroid dienone is 2. The Bertz CT molecular complexity index is 527. The molecule has 5 nitrogen and oxygen atoms in total. The molecule has 1 aliphatic heterocycles. The second kappa shape index (κ2) is 8.77. The minimum Gasteiger partial charge on any atom is -0.340 e. The number of nitrogens with zero attached hydrogens (tertiary/aromatic N) is 4. The maximum atomic E-state index is 5.12. The summed E-state index contributed by atoms with van der Waals surface area (Å²) in [4.78, 5) is 9.60. The van der Waals surface area contributed by atoms with E-state index in [1.54, 1.807) is 0 Å². The fourth-order valence-corrected chi connectivity index (χ4v) is 4.16. The van der Waals surface area contributed by atoms with E-state index in [4.69, 9.17) is 4.52 Å². The third-order valence-corrected chi connectivity index (χ3v) is 5.52. The Morgan fingerprint density at radius 2 is 2.17 bits per heavy atom. The van der Waals surface area contributed by atoms with E-state index in [1.165, 1.54) is 58.2 Å². The molecule has 1 aliphatic carbocycles. The minimum absolute atomic E-state index is 0.644. The molecular weight excluding hydrogens is 300 g/mol. The van der Waals surface area contributed by atoms with Crippen molar-refractivity contribution in [2.75, 3.05) is 26.2 Å². The molecule has 0 radical (unpaired) electrons. The van der Waals surface area contributed by atoms with Gasteiger partial charge in [-0.1, -0.05) is 24.2 Å². The number of hydrogen-bond donors (Lipinski definition) is 0. The quantitative estimate of drug-likeness (QED) is 0.747. The van der Waals surface area contributed by atoms with Crippen molar-refractivity contribution in [1.82, 2.24) is 19.9 Å². The standard InChI is InChI=1S/C19H32N4O/c1-3-23(15-19-20-16(2)24-21-19)18-10-7-12-22(13-11-18)14-17-8-5-4-6-9-17/h4-5,17-18H,3,6-15H2,1-2H3/t17-,18+/m1/s1. The van der Waals surface area contributed by atoms with Gasteiger partial charge in [-0.2, -0.15) is 4.98 Å². The van der Waals surface area contributed by atoms with Crippen LogP contribution in [0.2, 0.25) is 0 Å². The molecular formula is C19H32N4O. The lowest BCUT2D eigenvalue weighted by Gasteiger charge is -2.29. The van der Waals surface area contributed by atoms with Crippen molar-refractivity contribution in [3.05, 3.63) is 23.9 Å². The SMILES string of the molecule is CCN(Cc1noc(C)n1)[C@H]1CCCN(C[C@@H]2CC=CCC2)CC1. The molecule has 1 saturated heterocycles. The zero-order valence-electron chi connectivity index (χ0n) is 15.3. The van der Waals surface area contributed by atoms with Gasteiger partial charge in [0, 0.05) is 19.5 Å². The van der Waals surface area contributed by atoms with Crippen molar-refractivity contribution < 1.29 is 4.52 Å². The van der Waals surface area contributed by atoms with Crippen molar-refractivity contribution in [2.45, 2.75) is 65.0 Å².